The molecule has 0 bridgehead atoms. The van der Waals surface area contributed by atoms with Crippen LogP contribution in [-0.4, -0.2) is 30.7 Å². The van der Waals surface area contributed by atoms with Crippen LogP contribution >= 0.6 is 0 Å². The smallest absolute Gasteiger partial charge is 0.378 e. The Hall–Kier alpha value is -3.55. The molecule has 0 saturated carbocycles. The maximum absolute atomic E-state index is 12.1. The van der Waals surface area contributed by atoms with E-state index >= 15 is 0 Å². The summed E-state index contributed by atoms with van der Waals surface area (Å²) in [6.45, 7) is 1.82. The molecule has 25 heavy (non-hydrogen) atoms. The summed E-state index contributed by atoms with van der Waals surface area (Å²) in [4.78, 5) is 20.2. The van der Waals surface area contributed by atoms with Crippen LogP contribution in [0.4, 0.5) is 0 Å². The Labute approximate surface area is 142 Å². The van der Waals surface area contributed by atoms with E-state index in [9.17, 15) is 4.79 Å². The van der Waals surface area contributed by atoms with Gasteiger partial charge in [-0.2, -0.15) is 4.98 Å². The minimum atomic E-state index is -0.644. The summed E-state index contributed by atoms with van der Waals surface area (Å²) in [7, 11) is 0. The molecule has 0 amide bonds. The van der Waals surface area contributed by atoms with Gasteiger partial charge in [-0.05, 0) is 13.0 Å². The number of aromatic nitrogens is 5. The summed E-state index contributed by atoms with van der Waals surface area (Å²) in [6, 6.07) is 13.0. The summed E-state index contributed by atoms with van der Waals surface area (Å²) in [5.41, 5.74) is 2.22. The van der Waals surface area contributed by atoms with Gasteiger partial charge in [-0.1, -0.05) is 35.5 Å². The second-order valence-corrected chi connectivity index (χ2v) is 5.36. The standard InChI is InChI=1S/C17H13N5O3/c1-11-7-8-18-17-19-15(20-22(11)17)16(23)24-10-13-9-14(25-21-13)12-5-3-2-4-6-12/h2-9H,10H2,1H3. The molecule has 0 saturated heterocycles. The zero-order chi connectivity index (χ0) is 17.2. The van der Waals surface area contributed by atoms with Crippen molar-refractivity contribution in [2.75, 3.05) is 0 Å². The minimum absolute atomic E-state index is 0.0306. The molecule has 0 spiro atoms. The number of esters is 1. The van der Waals surface area contributed by atoms with Gasteiger partial charge in [-0.25, -0.2) is 14.3 Å². The van der Waals surface area contributed by atoms with E-state index < -0.39 is 5.97 Å². The Morgan fingerprint density at radius 2 is 2.08 bits per heavy atom. The maximum atomic E-state index is 12.1. The summed E-state index contributed by atoms with van der Waals surface area (Å²) in [5, 5.41) is 8.01. The van der Waals surface area contributed by atoms with Gasteiger partial charge in [-0.3, -0.25) is 0 Å². The van der Waals surface area contributed by atoms with Crippen molar-refractivity contribution < 1.29 is 14.1 Å². The van der Waals surface area contributed by atoms with Gasteiger partial charge in [0, 0.05) is 23.5 Å². The predicted octanol–water partition coefficient (Wildman–Crippen LogP) is 2.44. The van der Waals surface area contributed by atoms with Crippen molar-refractivity contribution in [1.82, 2.24) is 24.7 Å². The van der Waals surface area contributed by atoms with Gasteiger partial charge in [-0.15, -0.1) is 5.10 Å². The lowest BCUT2D eigenvalue weighted by molar-refractivity contribution is 0.0450. The van der Waals surface area contributed by atoms with E-state index in [2.05, 4.69) is 20.2 Å². The Morgan fingerprint density at radius 3 is 2.88 bits per heavy atom. The van der Waals surface area contributed by atoms with Gasteiger partial charge in [0.05, 0.1) is 0 Å². The van der Waals surface area contributed by atoms with E-state index in [1.807, 2.05) is 37.3 Å². The van der Waals surface area contributed by atoms with Crippen molar-refractivity contribution in [2.45, 2.75) is 13.5 Å². The monoisotopic (exact) mass is 335 g/mol. The number of carbonyl (C=O) groups is 1. The molecule has 0 radical (unpaired) electrons. The van der Waals surface area contributed by atoms with Gasteiger partial charge in [0.15, 0.2) is 5.76 Å². The second-order valence-electron chi connectivity index (χ2n) is 5.36. The van der Waals surface area contributed by atoms with Crippen LogP contribution in [0.25, 0.3) is 17.1 Å². The Balaban J connectivity index is 1.46. The summed E-state index contributed by atoms with van der Waals surface area (Å²) < 4.78 is 12.0. The summed E-state index contributed by atoms with van der Waals surface area (Å²) >= 11 is 0. The highest BCUT2D eigenvalue weighted by Gasteiger charge is 2.17. The quantitative estimate of drug-likeness (QED) is 0.528. The lowest BCUT2D eigenvalue weighted by Gasteiger charge is -1.97. The van der Waals surface area contributed by atoms with Crippen LogP contribution in [0.1, 0.15) is 22.0 Å². The molecule has 124 valence electrons. The highest BCUT2D eigenvalue weighted by molar-refractivity contribution is 5.85. The van der Waals surface area contributed by atoms with Gasteiger partial charge < -0.3 is 9.26 Å². The van der Waals surface area contributed by atoms with Crippen LogP contribution in [-0.2, 0) is 11.3 Å². The molecule has 0 aliphatic rings. The van der Waals surface area contributed by atoms with E-state index in [-0.39, 0.29) is 12.4 Å². The molecule has 8 nitrogen and oxygen atoms in total. The lowest BCUT2D eigenvalue weighted by Crippen LogP contribution is -2.08. The molecular weight excluding hydrogens is 322 g/mol. The van der Waals surface area contributed by atoms with E-state index in [1.165, 1.54) is 4.52 Å². The van der Waals surface area contributed by atoms with Gasteiger partial charge in [0.2, 0.25) is 0 Å². The topological polar surface area (TPSA) is 95.4 Å². The number of hydrogen-bond acceptors (Lipinski definition) is 7. The first-order valence-corrected chi connectivity index (χ1v) is 7.57. The molecule has 0 unspecified atom stereocenters. The fraction of sp³-hybridized carbons (Fsp3) is 0.118. The van der Waals surface area contributed by atoms with Crippen LogP contribution < -0.4 is 0 Å². The zero-order valence-electron chi connectivity index (χ0n) is 13.3. The fourth-order valence-corrected chi connectivity index (χ4v) is 2.32. The Bertz CT molecular complexity index is 1040. The molecule has 4 rings (SSSR count). The minimum Gasteiger partial charge on any atom is -0.453 e. The average Bonchev–Trinajstić information content (AvgIpc) is 3.28. The Kier molecular flexibility index (Phi) is 3.70. The highest BCUT2D eigenvalue weighted by atomic mass is 16.5. The fourth-order valence-electron chi connectivity index (χ4n) is 2.32. The molecular formula is C17H13N5O3. The molecule has 3 heterocycles. The average molecular weight is 335 g/mol. The van der Waals surface area contributed by atoms with Gasteiger partial charge >= 0.3 is 5.97 Å². The first-order valence-electron chi connectivity index (χ1n) is 7.57. The molecule has 8 heteroatoms. The first kappa shape index (κ1) is 15.0. The van der Waals surface area contributed by atoms with Crippen LogP contribution in [0.3, 0.4) is 0 Å². The van der Waals surface area contributed by atoms with E-state index in [4.69, 9.17) is 9.26 Å². The zero-order valence-corrected chi connectivity index (χ0v) is 13.3. The Morgan fingerprint density at radius 1 is 1.24 bits per heavy atom. The molecule has 0 atom stereocenters. The number of rotatable bonds is 4. The van der Waals surface area contributed by atoms with E-state index in [1.54, 1.807) is 18.3 Å². The largest absolute Gasteiger partial charge is 0.453 e. The van der Waals surface area contributed by atoms with Crippen LogP contribution in [0.5, 0.6) is 0 Å². The van der Waals surface area contributed by atoms with Crippen molar-refractivity contribution in [3.8, 4) is 11.3 Å². The number of aryl methyl sites for hydroxylation is 1. The normalized spacial score (nSPS) is 10.9. The lowest BCUT2D eigenvalue weighted by atomic mass is 10.2. The van der Waals surface area contributed by atoms with Crippen LogP contribution in [0.15, 0.2) is 53.2 Å². The molecule has 1 aromatic carbocycles. The van der Waals surface area contributed by atoms with E-state index in [0.717, 1.165) is 11.3 Å². The number of hydrogen-bond donors (Lipinski definition) is 0. The van der Waals surface area contributed by atoms with Crippen molar-refractivity contribution in [2.24, 2.45) is 0 Å². The molecule has 0 fully saturated rings. The van der Waals surface area contributed by atoms with Crippen molar-refractivity contribution in [3.05, 3.63) is 65.9 Å². The highest BCUT2D eigenvalue weighted by Crippen LogP contribution is 2.20. The van der Waals surface area contributed by atoms with E-state index in [0.29, 0.717) is 17.2 Å². The van der Waals surface area contributed by atoms with Crippen molar-refractivity contribution in [3.63, 3.8) is 0 Å². The number of carbonyl (C=O) groups excluding carboxylic acids is 1. The predicted molar refractivity (Wildman–Crippen MR) is 86.6 cm³/mol. The van der Waals surface area contributed by atoms with Crippen LogP contribution in [0, 0.1) is 6.92 Å². The van der Waals surface area contributed by atoms with Gasteiger partial charge in [0.1, 0.15) is 12.3 Å². The third-order valence-electron chi connectivity index (χ3n) is 3.58. The number of nitrogens with zero attached hydrogens (tertiary/aromatic N) is 5. The van der Waals surface area contributed by atoms with Crippen molar-refractivity contribution in [1.29, 1.82) is 0 Å². The molecule has 0 aliphatic carbocycles. The molecule has 3 aromatic heterocycles. The van der Waals surface area contributed by atoms with Crippen molar-refractivity contribution >= 4 is 11.7 Å². The van der Waals surface area contributed by atoms with Gasteiger partial charge in [0.25, 0.3) is 11.6 Å². The number of benzene rings is 1. The number of ether oxygens (including phenoxy) is 1. The third-order valence-corrected chi connectivity index (χ3v) is 3.58. The molecule has 0 N–H and O–H groups in total. The maximum Gasteiger partial charge on any atom is 0.378 e. The first-order chi connectivity index (χ1) is 12.2. The summed E-state index contributed by atoms with van der Waals surface area (Å²) in [6.07, 6.45) is 1.61. The molecule has 4 aromatic rings. The summed E-state index contributed by atoms with van der Waals surface area (Å²) in [5.74, 6) is 0.264. The molecule has 0 aliphatic heterocycles. The van der Waals surface area contributed by atoms with Crippen LogP contribution in [0.2, 0.25) is 0 Å². The second kappa shape index (κ2) is 6.16. The SMILES string of the molecule is Cc1ccnc2nc(C(=O)OCc3cc(-c4ccccc4)on3)nn12. The number of fused-ring (bicyclic) bond motifs is 1. The third kappa shape index (κ3) is 2.97.